The molecule has 0 unspecified atom stereocenters. The number of piperidine rings is 1. The first-order valence-electron chi connectivity index (χ1n) is 9.30. The molecule has 8 heteroatoms. The van der Waals surface area contributed by atoms with E-state index in [0.717, 1.165) is 11.8 Å². The molecule has 1 aliphatic rings. The first-order chi connectivity index (χ1) is 14.0. The fraction of sp³-hybridized carbons (Fsp3) is 0.286. The molecule has 0 saturated carbocycles. The van der Waals surface area contributed by atoms with E-state index in [-0.39, 0.29) is 11.5 Å². The third-order valence-corrected chi connectivity index (χ3v) is 4.92. The van der Waals surface area contributed by atoms with Crippen LogP contribution in [-0.2, 0) is 0 Å². The summed E-state index contributed by atoms with van der Waals surface area (Å²) in [4.78, 5) is 22.4. The third-order valence-electron chi connectivity index (χ3n) is 4.92. The van der Waals surface area contributed by atoms with Crippen molar-refractivity contribution < 1.29 is 22.7 Å². The van der Waals surface area contributed by atoms with Crippen LogP contribution in [0.5, 0.6) is 5.75 Å². The number of benzene rings is 1. The van der Waals surface area contributed by atoms with Crippen molar-refractivity contribution in [3.05, 3.63) is 66.0 Å². The van der Waals surface area contributed by atoms with Crippen molar-refractivity contribution in [1.82, 2.24) is 14.9 Å². The predicted molar refractivity (Wildman–Crippen MR) is 100 cm³/mol. The van der Waals surface area contributed by atoms with Crippen LogP contribution < -0.4 is 4.74 Å². The van der Waals surface area contributed by atoms with Gasteiger partial charge in [-0.2, -0.15) is 0 Å². The largest absolute Gasteiger partial charge is 0.448 e. The van der Waals surface area contributed by atoms with Crippen molar-refractivity contribution in [3.8, 4) is 17.0 Å². The molecule has 2 aromatic heterocycles. The van der Waals surface area contributed by atoms with Crippen LogP contribution >= 0.6 is 0 Å². The van der Waals surface area contributed by atoms with Crippen LogP contribution in [0.2, 0.25) is 0 Å². The second-order valence-electron chi connectivity index (χ2n) is 6.96. The van der Waals surface area contributed by atoms with E-state index in [9.17, 15) is 13.6 Å². The van der Waals surface area contributed by atoms with Gasteiger partial charge in [0.05, 0.1) is 6.20 Å². The summed E-state index contributed by atoms with van der Waals surface area (Å²) in [6.07, 6.45) is 3.76. The maximum atomic E-state index is 13.9. The lowest BCUT2D eigenvalue weighted by Crippen LogP contribution is -2.39. The number of rotatable bonds is 3. The number of oxazole rings is 1. The minimum absolute atomic E-state index is 0.0114. The van der Waals surface area contributed by atoms with E-state index in [4.69, 9.17) is 9.15 Å². The highest BCUT2D eigenvalue weighted by molar-refractivity contribution is 5.70. The number of nitrogens with zero attached hydrogens (tertiary/aromatic N) is 3. The summed E-state index contributed by atoms with van der Waals surface area (Å²) in [5.74, 6) is -0.429. The lowest BCUT2D eigenvalue weighted by Gasteiger charge is -2.29. The van der Waals surface area contributed by atoms with E-state index in [0.29, 0.717) is 43.3 Å². The van der Waals surface area contributed by atoms with E-state index in [2.05, 4.69) is 9.97 Å². The van der Waals surface area contributed by atoms with Gasteiger partial charge in [-0.05, 0) is 44.0 Å². The first-order valence-corrected chi connectivity index (χ1v) is 9.30. The van der Waals surface area contributed by atoms with Gasteiger partial charge in [-0.25, -0.2) is 18.6 Å². The number of carbonyl (C=O) groups excluding carboxylic acids is 1. The van der Waals surface area contributed by atoms with E-state index >= 15 is 0 Å². The molecule has 1 saturated heterocycles. The monoisotopic (exact) mass is 399 g/mol. The maximum absolute atomic E-state index is 13.9. The molecule has 4 rings (SSSR count). The van der Waals surface area contributed by atoms with Gasteiger partial charge in [0.2, 0.25) is 0 Å². The predicted octanol–water partition coefficient (Wildman–Crippen LogP) is 4.70. The molecular formula is C21H19F2N3O3. The number of halogens is 2. The number of carbonyl (C=O) groups is 1. The summed E-state index contributed by atoms with van der Waals surface area (Å²) >= 11 is 0. The number of amides is 1. The van der Waals surface area contributed by atoms with Gasteiger partial charge in [-0.1, -0.05) is 0 Å². The highest BCUT2D eigenvalue weighted by Crippen LogP contribution is 2.31. The van der Waals surface area contributed by atoms with Crippen molar-refractivity contribution in [1.29, 1.82) is 0 Å². The van der Waals surface area contributed by atoms with Gasteiger partial charge >= 0.3 is 6.09 Å². The molecule has 1 fully saturated rings. The standard InChI is InChI=1S/C21H19F2N3O3/c1-13-2-4-16(11-24-13)29-21(27)26-8-6-14(7-9-26)20-25-19(12-28-20)17-5-3-15(22)10-18(17)23/h2-5,10-12,14H,6-9H2,1H3. The second-order valence-corrected chi connectivity index (χ2v) is 6.96. The van der Waals surface area contributed by atoms with Crippen molar-refractivity contribution in [2.75, 3.05) is 13.1 Å². The Bertz CT molecular complexity index is 1010. The first kappa shape index (κ1) is 19.0. The summed E-state index contributed by atoms with van der Waals surface area (Å²) in [5.41, 5.74) is 1.36. The Morgan fingerprint density at radius 1 is 1.21 bits per heavy atom. The van der Waals surface area contributed by atoms with Crippen LogP contribution in [0.3, 0.4) is 0 Å². The number of hydrogen-bond donors (Lipinski definition) is 0. The minimum atomic E-state index is -0.687. The smallest absolute Gasteiger partial charge is 0.415 e. The minimum Gasteiger partial charge on any atom is -0.448 e. The van der Waals surface area contributed by atoms with Crippen LogP contribution in [0.1, 0.15) is 30.3 Å². The average molecular weight is 399 g/mol. The average Bonchev–Trinajstić information content (AvgIpc) is 3.20. The van der Waals surface area contributed by atoms with E-state index in [1.807, 2.05) is 6.92 Å². The van der Waals surface area contributed by atoms with Gasteiger partial charge in [0, 0.05) is 36.3 Å². The molecule has 0 atom stereocenters. The number of likely N-dealkylation sites (tertiary alicyclic amines) is 1. The van der Waals surface area contributed by atoms with Crippen LogP contribution in [0.4, 0.5) is 13.6 Å². The van der Waals surface area contributed by atoms with Gasteiger partial charge in [0.25, 0.3) is 0 Å². The van der Waals surface area contributed by atoms with Crippen LogP contribution in [0.15, 0.2) is 47.2 Å². The molecule has 0 N–H and O–H groups in total. The fourth-order valence-corrected chi connectivity index (χ4v) is 3.29. The van der Waals surface area contributed by atoms with Gasteiger partial charge in [0.1, 0.15) is 23.6 Å². The number of hydrogen-bond acceptors (Lipinski definition) is 5. The van der Waals surface area contributed by atoms with E-state index < -0.39 is 17.7 Å². The van der Waals surface area contributed by atoms with Gasteiger partial charge in [-0.15, -0.1) is 0 Å². The summed E-state index contributed by atoms with van der Waals surface area (Å²) in [5, 5.41) is 0. The Labute approximate surface area is 166 Å². The molecule has 3 aromatic rings. The van der Waals surface area contributed by atoms with Crippen molar-refractivity contribution in [2.24, 2.45) is 0 Å². The highest BCUT2D eigenvalue weighted by Gasteiger charge is 2.28. The van der Waals surface area contributed by atoms with Crippen LogP contribution in [0, 0.1) is 18.6 Å². The van der Waals surface area contributed by atoms with Gasteiger partial charge in [-0.3, -0.25) is 4.98 Å². The zero-order valence-electron chi connectivity index (χ0n) is 15.8. The summed E-state index contributed by atoms with van der Waals surface area (Å²) in [7, 11) is 0. The fourth-order valence-electron chi connectivity index (χ4n) is 3.29. The molecule has 0 spiro atoms. The Hall–Kier alpha value is -3.29. The Kier molecular flexibility index (Phi) is 5.24. The quantitative estimate of drug-likeness (QED) is 0.639. The molecule has 29 heavy (non-hydrogen) atoms. The number of aromatic nitrogens is 2. The molecule has 1 aliphatic heterocycles. The van der Waals surface area contributed by atoms with Crippen LogP contribution in [0.25, 0.3) is 11.3 Å². The lowest BCUT2D eigenvalue weighted by molar-refractivity contribution is 0.136. The molecule has 1 amide bonds. The van der Waals surface area contributed by atoms with E-state index in [1.54, 1.807) is 17.0 Å². The zero-order valence-corrected chi connectivity index (χ0v) is 15.8. The molecule has 6 nitrogen and oxygen atoms in total. The molecule has 0 bridgehead atoms. The summed E-state index contributed by atoms with van der Waals surface area (Å²) in [6, 6.07) is 6.82. The molecule has 0 aliphatic carbocycles. The Balaban J connectivity index is 1.36. The second kappa shape index (κ2) is 7.98. The highest BCUT2D eigenvalue weighted by atomic mass is 19.1. The molecular weight excluding hydrogens is 380 g/mol. The number of ether oxygens (including phenoxy) is 1. The number of aryl methyl sites for hydroxylation is 1. The summed E-state index contributed by atoms with van der Waals surface area (Å²) in [6.45, 7) is 2.84. The Morgan fingerprint density at radius 2 is 2.00 bits per heavy atom. The normalized spacial score (nSPS) is 14.8. The van der Waals surface area contributed by atoms with Gasteiger partial charge < -0.3 is 14.1 Å². The van der Waals surface area contributed by atoms with Crippen molar-refractivity contribution in [3.63, 3.8) is 0 Å². The number of pyridine rings is 1. The molecule has 3 heterocycles. The van der Waals surface area contributed by atoms with Crippen molar-refractivity contribution in [2.45, 2.75) is 25.7 Å². The summed E-state index contributed by atoms with van der Waals surface area (Å²) < 4.78 is 37.9. The van der Waals surface area contributed by atoms with Gasteiger partial charge in [0.15, 0.2) is 11.6 Å². The van der Waals surface area contributed by atoms with Crippen LogP contribution in [-0.4, -0.2) is 34.1 Å². The SMILES string of the molecule is Cc1ccc(OC(=O)N2CCC(c3nc(-c4ccc(F)cc4F)co3)CC2)cn1. The topological polar surface area (TPSA) is 68.5 Å². The molecule has 0 radical (unpaired) electrons. The zero-order chi connectivity index (χ0) is 20.4. The van der Waals surface area contributed by atoms with Crippen molar-refractivity contribution >= 4 is 6.09 Å². The third kappa shape index (κ3) is 4.26. The maximum Gasteiger partial charge on any atom is 0.415 e. The Morgan fingerprint density at radius 3 is 2.69 bits per heavy atom. The van der Waals surface area contributed by atoms with E-state index in [1.165, 1.54) is 24.6 Å². The lowest BCUT2D eigenvalue weighted by atomic mass is 9.97. The molecule has 150 valence electrons. The molecule has 1 aromatic carbocycles.